The summed E-state index contributed by atoms with van der Waals surface area (Å²) >= 11 is 2.97. The van der Waals surface area contributed by atoms with Crippen LogP contribution in [0, 0.1) is 54.4 Å². The Morgan fingerprint density at radius 3 is 1.31 bits per heavy atom. The molecule has 164 valence electrons. The lowest BCUT2D eigenvalue weighted by Gasteiger charge is -2.00. The predicted molar refractivity (Wildman–Crippen MR) is 131 cm³/mol. The molecule has 0 saturated carbocycles. The normalized spacial score (nSPS) is 11.2. The smallest absolute Gasteiger partial charge is 0.146 e. The highest BCUT2D eigenvalue weighted by atomic mass is 32.1. The van der Waals surface area contributed by atoms with Gasteiger partial charge in [0.2, 0.25) is 0 Å². The lowest BCUT2D eigenvalue weighted by Crippen LogP contribution is -1.95. The van der Waals surface area contributed by atoms with Crippen molar-refractivity contribution in [2.45, 2.75) is 78.1 Å². The first-order chi connectivity index (χ1) is 15.6. The van der Waals surface area contributed by atoms with Gasteiger partial charge in [0.15, 0.2) is 0 Å². The maximum atomic E-state index is 9.38. The van der Waals surface area contributed by atoms with Crippen LogP contribution in [0.3, 0.4) is 0 Å². The standard InChI is InChI=1S/C26H28N4S2/c1-3-5-7-9-11-19-13-23(21(15-27)16-28)31-25(19)26-20(12-10-8-6-4-2)14-24(32-26)22(17-29)18-30/h13-14H,3-12H2,1-2H3/b26-25+. The molecular formula is C26H28N4S2. The van der Waals surface area contributed by atoms with E-state index in [-0.39, 0.29) is 11.1 Å². The van der Waals surface area contributed by atoms with Crippen LogP contribution in [0.4, 0.5) is 0 Å². The molecule has 0 atom stereocenters. The van der Waals surface area contributed by atoms with Gasteiger partial charge in [0.25, 0.3) is 0 Å². The third-order valence-corrected chi connectivity index (χ3v) is 7.92. The van der Waals surface area contributed by atoms with Gasteiger partial charge in [-0.2, -0.15) is 21.0 Å². The van der Waals surface area contributed by atoms with Crippen molar-refractivity contribution in [3.05, 3.63) is 41.4 Å². The zero-order chi connectivity index (χ0) is 23.3. The van der Waals surface area contributed by atoms with Crippen molar-refractivity contribution in [1.82, 2.24) is 0 Å². The van der Waals surface area contributed by atoms with Gasteiger partial charge in [0.05, 0.1) is 9.06 Å². The van der Waals surface area contributed by atoms with Crippen molar-refractivity contribution in [3.8, 4) is 24.3 Å². The zero-order valence-electron chi connectivity index (χ0n) is 18.8. The summed E-state index contributed by atoms with van der Waals surface area (Å²) in [5.41, 5.74) is 2.59. The molecule has 0 fully saturated rings. The van der Waals surface area contributed by atoms with E-state index in [0.29, 0.717) is 9.06 Å². The SMILES string of the molecule is CCCCCCc1cc(=C(C#N)C#N)s/c1=c1/sc(=C(C#N)C#N)cc1CCCCCC. The van der Waals surface area contributed by atoms with E-state index in [0.717, 1.165) is 58.7 Å². The first kappa shape index (κ1) is 25.4. The molecule has 2 heterocycles. The summed E-state index contributed by atoms with van der Waals surface area (Å²) in [6, 6.07) is 12.1. The molecule has 2 rings (SSSR count). The molecule has 2 aromatic heterocycles. The Morgan fingerprint density at radius 2 is 1.00 bits per heavy atom. The Balaban J connectivity index is 2.80. The monoisotopic (exact) mass is 460 g/mol. The minimum absolute atomic E-state index is 0.138. The number of aryl methyl sites for hydroxylation is 2. The van der Waals surface area contributed by atoms with Gasteiger partial charge in [-0.25, -0.2) is 0 Å². The summed E-state index contributed by atoms with van der Waals surface area (Å²) < 4.78 is 3.56. The van der Waals surface area contributed by atoms with Crippen molar-refractivity contribution >= 4 is 33.8 Å². The van der Waals surface area contributed by atoms with Gasteiger partial charge >= 0.3 is 0 Å². The third-order valence-electron chi connectivity index (χ3n) is 5.36. The highest BCUT2D eigenvalue weighted by molar-refractivity contribution is 7.11. The second-order valence-corrected chi connectivity index (χ2v) is 9.85. The highest BCUT2D eigenvalue weighted by Gasteiger charge is 2.10. The van der Waals surface area contributed by atoms with Gasteiger partial charge in [-0.3, -0.25) is 0 Å². The van der Waals surface area contributed by atoms with Gasteiger partial charge in [-0.1, -0.05) is 52.4 Å². The zero-order valence-corrected chi connectivity index (χ0v) is 20.5. The predicted octanol–water partition coefficient (Wildman–Crippen LogP) is 5.74. The second-order valence-electron chi connectivity index (χ2n) is 7.75. The van der Waals surface area contributed by atoms with Crippen molar-refractivity contribution in [2.24, 2.45) is 0 Å². The number of thiophene rings is 2. The number of unbranched alkanes of at least 4 members (excludes halogenated alkanes) is 6. The van der Waals surface area contributed by atoms with Gasteiger partial charge in [0.1, 0.15) is 35.4 Å². The molecule has 0 N–H and O–H groups in total. The van der Waals surface area contributed by atoms with Crippen LogP contribution in [0.25, 0.3) is 11.1 Å². The van der Waals surface area contributed by atoms with Gasteiger partial charge < -0.3 is 0 Å². The molecule has 0 saturated heterocycles. The van der Waals surface area contributed by atoms with Crippen molar-refractivity contribution in [1.29, 1.82) is 21.0 Å². The first-order valence-corrected chi connectivity index (χ1v) is 12.9. The fourth-order valence-corrected chi connectivity index (χ4v) is 6.13. The fraction of sp³-hybridized carbons (Fsp3) is 0.462. The molecule has 0 aliphatic rings. The van der Waals surface area contributed by atoms with E-state index in [1.165, 1.54) is 48.4 Å². The molecule has 0 radical (unpaired) electrons. The van der Waals surface area contributed by atoms with Crippen LogP contribution in [0.5, 0.6) is 0 Å². The molecule has 32 heavy (non-hydrogen) atoms. The van der Waals surface area contributed by atoms with E-state index in [1.54, 1.807) is 0 Å². The van der Waals surface area contributed by atoms with Crippen LogP contribution in [0.15, 0.2) is 12.1 Å². The minimum atomic E-state index is 0.138. The van der Waals surface area contributed by atoms with Crippen molar-refractivity contribution in [3.63, 3.8) is 0 Å². The molecule has 0 spiro atoms. The Kier molecular flexibility index (Phi) is 10.7. The van der Waals surface area contributed by atoms with Crippen LogP contribution in [0.1, 0.15) is 76.3 Å². The number of hydrogen-bond acceptors (Lipinski definition) is 6. The number of rotatable bonds is 10. The Bertz CT molecular complexity index is 1170. The molecule has 4 nitrogen and oxygen atoms in total. The summed E-state index contributed by atoms with van der Waals surface area (Å²) in [5, 5.41) is 37.5. The molecule has 0 aliphatic carbocycles. The maximum absolute atomic E-state index is 9.38. The Labute approximate surface area is 198 Å². The topological polar surface area (TPSA) is 95.2 Å². The third kappa shape index (κ3) is 6.55. The summed E-state index contributed by atoms with van der Waals surface area (Å²) in [6.45, 7) is 4.37. The Morgan fingerprint density at radius 1 is 0.625 bits per heavy atom. The summed E-state index contributed by atoms with van der Waals surface area (Å²) in [5.74, 6) is 0. The molecular weight excluding hydrogens is 432 g/mol. The number of hydrogen-bond donors (Lipinski definition) is 0. The minimum Gasteiger partial charge on any atom is -0.192 e. The molecule has 6 heteroatoms. The molecule has 2 aromatic rings. The average Bonchev–Trinajstić information content (AvgIpc) is 3.40. The van der Waals surface area contributed by atoms with E-state index in [1.807, 2.05) is 36.4 Å². The summed E-state index contributed by atoms with van der Waals surface area (Å²) in [4.78, 5) is 0. The first-order valence-electron chi connectivity index (χ1n) is 11.2. The highest BCUT2D eigenvalue weighted by Crippen LogP contribution is 2.20. The van der Waals surface area contributed by atoms with Gasteiger partial charge in [-0.15, -0.1) is 22.7 Å². The molecule has 0 bridgehead atoms. The van der Waals surface area contributed by atoms with Crippen LogP contribution in [-0.4, -0.2) is 0 Å². The average molecular weight is 461 g/mol. The maximum Gasteiger partial charge on any atom is 0.146 e. The molecule has 0 aliphatic heterocycles. The number of nitriles is 4. The lowest BCUT2D eigenvalue weighted by molar-refractivity contribution is 0.665. The lowest BCUT2D eigenvalue weighted by atomic mass is 10.1. The van der Waals surface area contributed by atoms with Crippen LogP contribution in [-0.2, 0) is 12.8 Å². The molecule has 0 aromatic carbocycles. The van der Waals surface area contributed by atoms with Gasteiger partial charge in [0, 0.05) is 9.06 Å². The van der Waals surface area contributed by atoms with Crippen LogP contribution >= 0.6 is 22.7 Å². The van der Waals surface area contributed by atoms with E-state index in [9.17, 15) is 21.0 Å². The molecule has 0 amide bonds. The van der Waals surface area contributed by atoms with E-state index >= 15 is 0 Å². The largest absolute Gasteiger partial charge is 0.192 e. The van der Waals surface area contributed by atoms with Crippen LogP contribution < -0.4 is 9.06 Å². The van der Waals surface area contributed by atoms with Crippen molar-refractivity contribution in [2.75, 3.05) is 0 Å². The quantitative estimate of drug-likeness (QED) is 0.422. The Hall–Kier alpha value is -2.90. The fourth-order valence-electron chi connectivity index (χ4n) is 3.61. The molecule has 0 unspecified atom stereocenters. The summed E-state index contributed by atoms with van der Waals surface area (Å²) in [6.07, 6.45) is 10.9. The summed E-state index contributed by atoms with van der Waals surface area (Å²) in [7, 11) is 0. The van der Waals surface area contributed by atoms with Crippen molar-refractivity contribution < 1.29 is 0 Å². The van der Waals surface area contributed by atoms with E-state index < -0.39 is 0 Å². The van der Waals surface area contributed by atoms with E-state index in [4.69, 9.17) is 0 Å². The number of nitrogens with zero attached hydrogens (tertiary/aromatic N) is 4. The second kappa shape index (κ2) is 13.5. The van der Waals surface area contributed by atoms with E-state index in [2.05, 4.69) is 13.8 Å². The van der Waals surface area contributed by atoms with Gasteiger partial charge in [-0.05, 0) is 48.9 Å². The van der Waals surface area contributed by atoms with Crippen LogP contribution in [0.2, 0.25) is 0 Å².